The van der Waals surface area contributed by atoms with Crippen molar-refractivity contribution < 1.29 is 19.1 Å². The molecule has 1 fully saturated rings. The van der Waals surface area contributed by atoms with Gasteiger partial charge in [-0.3, -0.25) is 4.79 Å². The molecule has 2 aromatic carbocycles. The summed E-state index contributed by atoms with van der Waals surface area (Å²) in [5, 5.41) is 10.2. The summed E-state index contributed by atoms with van der Waals surface area (Å²) in [6.45, 7) is 4.06. The lowest BCUT2D eigenvalue weighted by atomic mass is 9.99. The van der Waals surface area contributed by atoms with Gasteiger partial charge in [-0.25, -0.2) is 4.79 Å². The van der Waals surface area contributed by atoms with Crippen LogP contribution in [0.1, 0.15) is 27.2 Å². The average molecular weight is 421 g/mol. The minimum atomic E-state index is -0.893. The molecule has 2 amide bonds. The Hall–Kier alpha value is -3.48. The van der Waals surface area contributed by atoms with Crippen molar-refractivity contribution in [2.75, 3.05) is 45.2 Å². The van der Waals surface area contributed by atoms with Gasteiger partial charge in [-0.1, -0.05) is 30.3 Å². The molecule has 0 radical (unpaired) electrons. The maximum atomic E-state index is 13.0. The molecule has 0 aliphatic carbocycles. The van der Waals surface area contributed by atoms with Gasteiger partial charge in [0.05, 0.1) is 5.69 Å². The van der Waals surface area contributed by atoms with E-state index >= 15 is 0 Å². The normalized spacial score (nSPS) is 14.2. The van der Waals surface area contributed by atoms with Crippen molar-refractivity contribution in [2.24, 2.45) is 0 Å². The summed E-state index contributed by atoms with van der Waals surface area (Å²) in [7, 11) is 3.44. The van der Waals surface area contributed by atoms with Gasteiger partial charge in [-0.15, -0.1) is 0 Å². The second-order valence-corrected chi connectivity index (χ2v) is 8.19. The molecule has 1 saturated heterocycles. The maximum Gasteiger partial charge on any atom is 0.407 e. The highest BCUT2D eigenvalue weighted by Crippen LogP contribution is 2.37. The molecule has 0 atom stereocenters. The topological polar surface area (TPSA) is 77.2 Å². The highest BCUT2D eigenvalue weighted by molar-refractivity contribution is 6.02. The van der Waals surface area contributed by atoms with Gasteiger partial charge in [-0.2, -0.15) is 0 Å². The van der Waals surface area contributed by atoms with Crippen LogP contribution in [0.5, 0.6) is 0 Å². The van der Waals surface area contributed by atoms with Gasteiger partial charge >= 0.3 is 6.09 Å². The average Bonchev–Trinajstić information content (AvgIpc) is 3.11. The van der Waals surface area contributed by atoms with E-state index in [9.17, 15) is 14.7 Å². The third-order valence-electron chi connectivity index (χ3n) is 5.73. The number of rotatable bonds is 4. The number of piperazine rings is 1. The molecule has 7 heteroatoms. The highest BCUT2D eigenvalue weighted by atomic mass is 16.4. The van der Waals surface area contributed by atoms with Crippen LogP contribution >= 0.6 is 0 Å². The number of benzene rings is 2. The van der Waals surface area contributed by atoms with E-state index in [0.29, 0.717) is 43.9 Å². The zero-order valence-corrected chi connectivity index (χ0v) is 18.1. The number of nitrogens with zero attached hydrogens (tertiary/aromatic N) is 3. The van der Waals surface area contributed by atoms with E-state index in [4.69, 9.17) is 4.42 Å². The SMILES string of the molecule is Cc1cc(N2CCN(C(=O)O)CC2)c2oc(C(=O)N(C)C)c(Cc3ccccc3)c2c1. The quantitative estimate of drug-likeness (QED) is 0.693. The number of carbonyl (C=O) groups excluding carboxylic acids is 1. The Bertz CT molecular complexity index is 1110. The van der Waals surface area contributed by atoms with Crippen LogP contribution in [0.2, 0.25) is 0 Å². The summed E-state index contributed by atoms with van der Waals surface area (Å²) >= 11 is 0. The first-order chi connectivity index (χ1) is 14.8. The molecule has 7 nitrogen and oxygen atoms in total. The van der Waals surface area contributed by atoms with Crippen LogP contribution in [0.15, 0.2) is 46.9 Å². The van der Waals surface area contributed by atoms with Crippen molar-refractivity contribution in [3.05, 3.63) is 64.9 Å². The molecule has 2 heterocycles. The lowest BCUT2D eigenvalue weighted by molar-refractivity contribution is 0.0797. The molecule has 1 aliphatic rings. The summed E-state index contributed by atoms with van der Waals surface area (Å²) in [6.07, 6.45) is -0.297. The predicted molar refractivity (Wildman–Crippen MR) is 120 cm³/mol. The third-order valence-corrected chi connectivity index (χ3v) is 5.73. The Kier molecular flexibility index (Phi) is 5.59. The fraction of sp³-hybridized carbons (Fsp3) is 0.333. The lowest BCUT2D eigenvalue weighted by Gasteiger charge is -2.34. The summed E-state index contributed by atoms with van der Waals surface area (Å²) in [5.74, 6) is 0.196. The minimum Gasteiger partial charge on any atom is -0.465 e. The van der Waals surface area contributed by atoms with Crippen LogP contribution < -0.4 is 4.90 Å². The van der Waals surface area contributed by atoms with Gasteiger partial charge in [0.15, 0.2) is 11.3 Å². The number of anilines is 1. The van der Waals surface area contributed by atoms with Gasteiger partial charge in [0, 0.05) is 57.6 Å². The molecule has 1 N–H and O–H groups in total. The summed E-state index contributed by atoms with van der Waals surface area (Å²) in [6, 6.07) is 14.2. The Labute approximate surface area is 181 Å². The van der Waals surface area contributed by atoms with Crippen LogP contribution in [0.3, 0.4) is 0 Å². The first kappa shape index (κ1) is 20.8. The lowest BCUT2D eigenvalue weighted by Crippen LogP contribution is -2.48. The van der Waals surface area contributed by atoms with E-state index in [-0.39, 0.29) is 5.91 Å². The molecule has 162 valence electrons. The molecule has 1 aliphatic heterocycles. The number of fused-ring (bicyclic) bond motifs is 1. The van der Waals surface area contributed by atoms with Crippen molar-refractivity contribution in [3.63, 3.8) is 0 Å². The number of hydrogen-bond acceptors (Lipinski definition) is 4. The first-order valence-corrected chi connectivity index (χ1v) is 10.4. The standard InChI is InChI=1S/C24H27N3O4/c1-16-13-18-19(15-17-7-5-4-6-8-17)22(23(28)25(2)3)31-21(18)20(14-16)26-9-11-27(12-10-26)24(29)30/h4-8,13-14H,9-12,15H2,1-3H3,(H,29,30). The Balaban J connectivity index is 1.81. The first-order valence-electron chi connectivity index (χ1n) is 10.4. The Morgan fingerprint density at radius 3 is 2.35 bits per heavy atom. The van der Waals surface area contributed by atoms with Gasteiger partial charge in [-0.05, 0) is 30.2 Å². The second-order valence-electron chi connectivity index (χ2n) is 8.19. The number of hydrogen-bond donors (Lipinski definition) is 1. The molecule has 4 rings (SSSR count). The van der Waals surface area contributed by atoms with Crippen LogP contribution in [-0.2, 0) is 6.42 Å². The summed E-state index contributed by atoms with van der Waals surface area (Å²) in [5.41, 5.74) is 4.66. The van der Waals surface area contributed by atoms with E-state index < -0.39 is 6.09 Å². The number of amides is 2. The summed E-state index contributed by atoms with van der Waals surface area (Å²) in [4.78, 5) is 29.3. The largest absolute Gasteiger partial charge is 0.465 e. The van der Waals surface area contributed by atoms with Crippen LogP contribution in [0, 0.1) is 6.92 Å². The summed E-state index contributed by atoms with van der Waals surface area (Å²) < 4.78 is 6.25. The molecular weight excluding hydrogens is 394 g/mol. The van der Waals surface area contributed by atoms with Gasteiger partial charge in [0.25, 0.3) is 5.91 Å². The number of furan rings is 1. The van der Waals surface area contributed by atoms with Crippen molar-refractivity contribution in [1.29, 1.82) is 0 Å². The smallest absolute Gasteiger partial charge is 0.407 e. The van der Waals surface area contributed by atoms with Crippen molar-refractivity contribution in [2.45, 2.75) is 13.3 Å². The number of carbonyl (C=O) groups is 2. The molecular formula is C24H27N3O4. The van der Waals surface area contributed by atoms with E-state index in [1.54, 1.807) is 14.1 Å². The predicted octanol–water partition coefficient (Wildman–Crippen LogP) is 3.83. The minimum absolute atomic E-state index is 0.165. The molecule has 31 heavy (non-hydrogen) atoms. The van der Waals surface area contributed by atoms with E-state index in [1.165, 1.54) is 9.80 Å². The monoisotopic (exact) mass is 421 g/mol. The van der Waals surface area contributed by atoms with Crippen molar-refractivity contribution >= 4 is 28.7 Å². The van der Waals surface area contributed by atoms with Crippen LogP contribution in [0.25, 0.3) is 11.0 Å². The maximum absolute atomic E-state index is 13.0. The number of carboxylic acid groups (broad SMARTS) is 1. The van der Waals surface area contributed by atoms with Crippen molar-refractivity contribution in [1.82, 2.24) is 9.80 Å². The molecule has 3 aromatic rings. The van der Waals surface area contributed by atoms with Crippen LogP contribution in [0.4, 0.5) is 10.5 Å². The molecule has 0 bridgehead atoms. The van der Waals surface area contributed by atoms with Gasteiger partial charge in [0.2, 0.25) is 0 Å². The molecule has 1 aromatic heterocycles. The van der Waals surface area contributed by atoms with Gasteiger partial charge in [0.1, 0.15) is 0 Å². The highest BCUT2D eigenvalue weighted by Gasteiger charge is 2.27. The number of aryl methyl sites for hydroxylation is 1. The fourth-order valence-corrected chi connectivity index (χ4v) is 4.10. The fourth-order valence-electron chi connectivity index (χ4n) is 4.10. The zero-order chi connectivity index (χ0) is 22.1. The van der Waals surface area contributed by atoms with Crippen LogP contribution in [-0.4, -0.2) is 67.2 Å². The Morgan fingerprint density at radius 1 is 1.06 bits per heavy atom. The van der Waals surface area contributed by atoms with Crippen molar-refractivity contribution in [3.8, 4) is 0 Å². The molecule has 0 spiro atoms. The van der Waals surface area contributed by atoms with E-state index in [2.05, 4.69) is 17.0 Å². The zero-order valence-electron chi connectivity index (χ0n) is 18.1. The van der Waals surface area contributed by atoms with Gasteiger partial charge < -0.3 is 24.2 Å². The molecule has 0 unspecified atom stereocenters. The second kappa shape index (κ2) is 8.34. The van der Waals surface area contributed by atoms with E-state index in [0.717, 1.165) is 27.8 Å². The third kappa shape index (κ3) is 4.08. The molecule has 0 saturated carbocycles. The Morgan fingerprint density at radius 2 is 1.74 bits per heavy atom. The van der Waals surface area contributed by atoms with E-state index in [1.807, 2.05) is 37.3 Å².